The highest BCUT2D eigenvalue weighted by Gasteiger charge is 2.19. The lowest BCUT2D eigenvalue weighted by Crippen LogP contribution is -2.40. The molecular formula is C18H21BrN2O4. The summed E-state index contributed by atoms with van der Waals surface area (Å²) in [6.07, 6.45) is 0. The molecule has 134 valence electrons. The van der Waals surface area contributed by atoms with E-state index >= 15 is 0 Å². The van der Waals surface area contributed by atoms with Crippen molar-refractivity contribution in [3.63, 3.8) is 0 Å². The van der Waals surface area contributed by atoms with Crippen molar-refractivity contribution in [2.75, 3.05) is 13.7 Å². The third-order valence-corrected chi connectivity index (χ3v) is 4.09. The Morgan fingerprint density at radius 3 is 2.36 bits per heavy atom. The second-order valence-electron chi connectivity index (χ2n) is 5.85. The molecule has 2 rings (SSSR count). The monoisotopic (exact) mass is 408 g/mol. The molecule has 2 aromatic rings. The van der Waals surface area contributed by atoms with Crippen molar-refractivity contribution in [1.29, 1.82) is 0 Å². The summed E-state index contributed by atoms with van der Waals surface area (Å²) >= 11 is 3.13. The molecule has 0 bridgehead atoms. The summed E-state index contributed by atoms with van der Waals surface area (Å²) in [4.78, 5) is 24.1. The van der Waals surface area contributed by atoms with Crippen molar-refractivity contribution in [1.82, 2.24) is 10.6 Å². The highest BCUT2D eigenvalue weighted by molar-refractivity contribution is 9.10. The van der Waals surface area contributed by atoms with Gasteiger partial charge in [0, 0.05) is 0 Å². The Balaban J connectivity index is 1.94. The van der Waals surface area contributed by atoms with E-state index in [2.05, 4.69) is 26.6 Å². The highest BCUT2D eigenvalue weighted by atomic mass is 79.9. The van der Waals surface area contributed by atoms with Crippen LogP contribution in [0.15, 0.2) is 45.5 Å². The molecule has 0 aliphatic heterocycles. The van der Waals surface area contributed by atoms with Gasteiger partial charge in [-0.05, 0) is 51.7 Å². The number of carbonyl (C=O) groups is 2. The minimum Gasteiger partial charge on any atom is -0.497 e. The smallest absolute Gasteiger partial charge is 0.287 e. The number of ether oxygens (including phenoxy) is 1. The molecule has 1 aromatic carbocycles. The van der Waals surface area contributed by atoms with Crippen LogP contribution in [0.25, 0.3) is 0 Å². The van der Waals surface area contributed by atoms with Gasteiger partial charge in [0.2, 0.25) is 5.91 Å². The zero-order valence-corrected chi connectivity index (χ0v) is 15.9. The largest absolute Gasteiger partial charge is 0.497 e. The first-order chi connectivity index (χ1) is 11.9. The van der Waals surface area contributed by atoms with E-state index in [-0.39, 0.29) is 30.2 Å². The van der Waals surface area contributed by atoms with E-state index in [0.717, 1.165) is 11.3 Å². The van der Waals surface area contributed by atoms with Crippen LogP contribution >= 0.6 is 15.9 Å². The number of rotatable bonds is 7. The molecule has 7 heteroatoms. The van der Waals surface area contributed by atoms with Gasteiger partial charge in [0.25, 0.3) is 5.91 Å². The van der Waals surface area contributed by atoms with Crippen LogP contribution in [0.5, 0.6) is 5.75 Å². The Morgan fingerprint density at radius 1 is 1.16 bits per heavy atom. The molecule has 6 nitrogen and oxygen atoms in total. The Hall–Kier alpha value is -2.28. The highest BCUT2D eigenvalue weighted by Crippen LogP contribution is 2.23. The Bertz CT molecular complexity index is 725. The summed E-state index contributed by atoms with van der Waals surface area (Å²) < 4.78 is 10.8. The normalized spacial score (nSPS) is 11.9. The van der Waals surface area contributed by atoms with E-state index in [1.165, 1.54) is 6.07 Å². The van der Waals surface area contributed by atoms with Crippen LogP contribution in [0.4, 0.5) is 0 Å². The van der Waals surface area contributed by atoms with Crippen LogP contribution in [-0.4, -0.2) is 25.5 Å². The predicted molar refractivity (Wildman–Crippen MR) is 97.5 cm³/mol. The molecule has 0 saturated carbocycles. The zero-order valence-electron chi connectivity index (χ0n) is 14.3. The van der Waals surface area contributed by atoms with Gasteiger partial charge < -0.3 is 19.8 Å². The lowest BCUT2D eigenvalue weighted by atomic mass is 9.96. The maximum atomic E-state index is 12.2. The van der Waals surface area contributed by atoms with Crippen LogP contribution < -0.4 is 15.4 Å². The maximum Gasteiger partial charge on any atom is 0.287 e. The molecule has 2 amide bonds. The fourth-order valence-corrected chi connectivity index (χ4v) is 2.66. The number of halogens is 1. The third-order valence-electron chi connectivity index (χ3n) is 3.66. The van der Waals surface area contributed by atoms with Gasteiger partial charge in [-0.2, -0.15) is 0 Å². The second kappa shape index (κ2) is 8.71. The molecule has 0 spiro atoms. The summed E-state index contributed by atoms with van der Waals surface area (Å²) in [6.45, 7) is 3.92. The van der Waals surface area contributed by atoms with E-state index < -0.39 is 5.91 Å². The zero-order chi connectivity index (χ0) is 18.4. The molecule has 0 aliphatic rings. The van der Waals surface area contributed by atoms with Gasteiger partial charge >= 0.3 is 0 Å². The van der Waals surface area contributed by atoms with Crippen molar-refractivity contribution in [2.24, 2.45) is 5.92 Å². The number of methoxy groups -OCH3 is 1. The number of furan rings is 1. The Morgan fingerprint density at radius 2 is 1.84 bits per heavy atom. The van der Waals surface area contributed by atoms with Gasteiger partial charge in [-0.25, -0.2) is 0 Å². The van der Waals surface area contributed by atoms with Gasteiger partial charge in [-0.15, -0.1) is 0 Å². The van der Waals surface area contributed by atoms with Crippen molar-refractivity contribution >= 4 is 27.7 Å². The van der Waals surface area contributed by atoms with Crippen molar-refractivity contribution in [3.05, 3.63) is 52.4 Å². The first kappa shape index (κ1) is 19.1. The third kappa shape index (κ3) is 5.35. The molecule has 1 atom stereocenters. The Kier molecular flexibility index (Phi) is 6.64. The van der Waals surface area contributed by atoms with Crippen LogP contribution in [0, 0.1) is 5.92 Å². The van der Waals surface area contributed by atoms with Gasteiger partial charge in [0.15, 0.2) is 10.4 Å². The van der Waals surface area contributed by atoms with E-state index in [4.69, 9.17) is 9.15 Å². The molecule has 0 radical (unpaired) electrons. The molecule has 0 saturated heterocycles. The average molecular weight is 409 g/mol. The first-order valence-corrected chi connectivity index (χ1v) is 8.67. The van der Waals surface area contributed by atoms with E-state index in [9.17, 15) is 9.59 Å². The predicted octanol–water partition coefficient (Wildman–Crippen LogP) is 3.29. The van der Waals surface area contributed by atoms with Gasteiger partial charge in [-0.1, -0.05) is 26.0 Å². The number of hydrogen-bond acceptors (Lipinski definition) is 4. The van der Waals surface area contributed by atoms with Crippen LogP contribution in [-0.2, 0) is 4.79 Å². The SMILES string of the molecule is COc1ccc(C(NC(=O)CNC(=O)c2ccc(Br)o2)C(C)C)cc1. The average Bonchev–Trinajstić information content (AvgIpc) is 3.04. The maximum absolute atomic E-state index is 12.2. The minimum absolute atomic E-state index is 0.128. The van der Waals surface area contributed by atoms with Crippen molar-refractivity contribution in [2.45, 2.75) is 19.9 Å². The van der Waals surface area contributed by atoms with Crippen LogP contribution in [0.1, 0.15) is 36.0 Å². The van der Waals surface area contributed by atoms with E-state index in [0.29, 0.717) is 4.67 Å². The lowest BCUT2D eigenvalue weighted by molar-refractivity contribution is -0.121. The summed E-state index contributed by atoms with van der Waals surface area (Å²) in [5, 5.41) is 5.49. The first-order valence-electron chi connectivity index (χ1n) is 7.87. The number of amides is 2. The molecule has 1 aromatic heterocycles. The van der Waals surface area contributed by atoms with Crippen LogP contribution in [0.3, 0.4) is 0 Å². The fourth-order valence-electron chi connectivity index (χ4n) is 2.35. The van der Waals surface area contributed by atoms with Crippen LogP contribution in [0.2, 0.25) is 0 Å². The molecule has 0 aliphatic carbocycles. The summed E-state index contributed by atoms with van der Waals surface area (Å²) in [5.74, 6) is 0.388. The number of benzene rings is 1. The molecule has 1 unspecified atom stereocenters. The van der Waals surface area contributed by atoms with Crippen molar-refractivity contribution < 1.29 is 18.7 Å². The Labute approximate surface area is 155 Å². The van der Waals surface area contributed by atoms with E-state index in [1.54, 1.807) is 13.2 Å². The topological polar surface area (TPSA) is 80.6 Å². The lowest BCUT2D eigenvalue weighted by Gasteiger charge is -2.23. The summed E-state index contributed by atoms with van der Waals surface area (Å²) in [7, 11) is 1.61. The number of nitrogens with one attached hydrogen (secondary N) is 2. The summed E-state index contributed by atoms with van der Waals surface area (Å²) in [6, 6.07) is 10.5. The van der Waals surface area contributed by atoms with E-state index in [1.807, 2.05) is 38.1 Å². The molecular weight excluding hydrogens is 388 g/mol. The molecule has 25 heavy (non-hydrogen) atoms. The number of hydrogen-bond donors (Lipinski definition) is 2. The number of carbonyl (C=O) groups excluding carboxylic acids is 2. The fraction of sp³-hybridized carbons (Fsp3) is 0.333. The van der Waals surface area contributed by atoms with Gasteiger partial charge in [0.05, 0.1) is 19.7 Å². The standard InChI is InChI=1S/C18H21BrN2O4/c1-11(2)17(12-4-6-13(24-3)7-5-12)21-16(22)10-20-18(23)14-8-9-15(19)25-14/h4-9,11,17H,10H2,1-3H3,(H,20,23)(H,21,22). The molecule has 2 N–H and O–H groups in total. The molecule has 0 fully saturated rings. The van der Waals surface area contributed by atoms with Gasteiger partial charge in [0.1, 0.15) is 5.75 Å². The van der Waals surface area contributed by atoms with Crippen molar-refractivity contribution in [3.8, 4) is 5.75 Å². The summed E-state index contributed by atoms with van der Waals surface area (Å²) in [5.41, 5.74) is 0.977. The quantitative estimate of drug-likeness (QED) is 0.736. The second-order valence-corrected chi connectivity index (χ2v) is 6.63. The van der Waals surface area contributed by atoms with Gasteiger partial charge in [-0.3, -0.25) is 9.59 Å². The minimum atomic E-state index is -0.439. The molecule has 1 heterocycles.